The van der Waals surface area contributed by atoms with E-state index >= 15 is 0 Å². The van der Waals surface area contributed by atoms with E-state index in [9.17, 15) is 9.59 Å². The van der Waals surface area contributed by atoms with Crippen LogP contribution in [0.2, 0.25) is 5.02 Å². The molecule has 1 aromatic carbocycles. The summed E-state index contributed by atoms with van der Waals surface area (Å²) in [4.78, 5) is 21.6. The van der Waals surface area contributed by atoms with Gasteiger partial charge < -0.3 is 20.8 Å². The number of urea groups is 1. The lowest BCUT2D eigenvalue weighted by Crippen LogP contribution is -2.42. The number of carbonyl (C=O) groups excluding carboxylic acids is 1. The second-order valence-corrected chi connectivity index (χ2v) is 4.30. The molecule has 0 saturated carbocycles. The molecular formula is C12H15ClN2O4. The Hall–Kier alpha value is -1.79. The minimum Gasteiger partial charge on any atom is -0.479 e. The number of benzene rings is 1. The third-order valence-electron chi connectivity index (χ3n) is 2.35. The lowest BCUT2D eigenvalue weighted by Gasteiger charge is -2.09. The Morgan fingerprint density at radius 3 is 2.42 bits per heavy atom. The van der Waals surface area contributed by atoms with Crippen molar-refractivity contribution in [2.45, 2.75) is 12.5 Å². The summed E-state index contributed by atoms with van der Waals surface area (Å²) < 4.78 is 0. The number of carbonyl (C=O) groups is 2. The molecule has 0 aromatic heterocycles. The van der Waals surface area contributed by atoms with Crippen molar-refractivity contribution in [1.82, 2.24) is 10.6 Å². The largest absolute Gasteiger partial charge is 0.479 e. The van der Waals surface area contributed by atoms with Gasteiger partial charge in [0.1, 0.15) is 0 Å². The van der Waals surface area contributed by atoms with Crippen LogP contribution in [0.15, 0.2) is 24.3 Å². The van der Waals surface area contributed by atoms with Gasteiger partial charge in [-0.25, -0.2) is 9.59 Å². The summed E-state index contributed by atoms with van der Waals surface area (Å²) in [6.45, 7) is 0.0682. The van der Waals surface area contributed by atoms with Gasteiger partial charge in [0.2, 0.25) is 0 Å². The molecular weight excluding hydrogens is 272 g/mol. The fraction of sp³-hybridized carbons (Fsp3) is 0.333. The van der Waals surface area contributed by atoms with Crippen molar-refractivity contribution in [2.24, 2.45) is 0 Å². The molecule has 1 rings (SSSR count). The van der Waals surface area contributed by atoms with Crippen molar-refractivity contribution in [2.75, 3.05) is 13.1 Å². The maximum absolute atomic E-state index is 11.3. The van der Waals surface area contributed by atoms with Crippen LogP contribution in [-0.4, -0.2) is 41.4 Å². The number of carboxylic acids is 1. The van der Waals surface area contributed by atoms with E-state index in [2.05, 4.69) is 10.6 Å². The molecule has 0 unspecified atom stereocenters. The molecule has 6 nitrogen and oxygen atoms in total. The first-order valence-electron chi connectivity index (χ1n) is 5.66. The van der Waals surface area contributed by atoms with Crippen LogP contribution in [0.4, 0.5) is 4.79 Å². The number of rotatable bonds is 6. The summed E-state index contributed by atoms with van der Waals surface area (Å²) in [6, 6.07) is 6.72. The van der Waals surface area contributed by atoms with Gasteiger partial charge in [-0.15, -0.1) is 0 Å². The molecule has 4 N–H and O–H groups in total. The molecule has 0 spiro atoms. The second-order valence-electron chi connectivity index (χ2n) is 3.87. The van der Waals surface area contributed by atoms with Crippen molar-refractivity contribution in [3.8, 4) is 0 Å². The van der Waals surface area contributed by atoms with Crippen LogP contribution in [0.3, 0.4) is 0 Å². The molecule has 0 bridgehead atoms. The molecule has 104 valence electrons. The minimum atomic E-state index is -1.60. The lowest BCUT2D eigenvalue weighted by molar-refractivity contribution is -0.146. The van der Waals surface area contributed by atoms with E-state index in [1.54, 1.807) is 12.1 Å². The van der Waals surface area contributed by atoms with Crippen molar-refractivity contribution in [3.63, 3.8) is 0 Å². The highest BCUT2D eigenvalue weighted by Gasteiger charge is 2.13. The topological polar surface area (TPSA) is 98.7 Å². The Morgan fingerprint density at radius 1 is 1.21 bits per heavy atom. The summed E-state index contributed by atoms with van der Waals surface area (Å²) in [5, 5.41) is 22.8. The van der Waals surface area contributed by atoms with Crippen molar-refractivity contribution in [1.29, 1.82) is 0 Å². The maximum atomic E-state index is 11.3. The number of nitrogens with one attached hydrogen (secondary N) is 2. The minimum absolute atomic E-state index is 0.331. The van der Waals surface area contributed by atoms with Gasteiger partial charge >= 0.3 is 12.0 Å². The summed E-state index contributed by atoms with van der Waals surface area (Å²) in [5.41, 5.74) is 1.02. The van der Waals surface area contributed by atoms with Gasteiger partial charge in [-0.3, -0.25) is 0 Å². The van der Waals surface area contributed by atoms with Crippen LogP contribution in [0.25, 0.3) is 0 Å². The third-order valence-corrected chi connectivity index (χ3v) is 2.61. The zero-order valence-corrected chi connectivity index (χ0v) is 10.9. The first-order valence-corrected chi connectivity index (χ1v) is 6.04. The van der Waals surface area contributed by atoms with Crippen LogP contribution in [0, 0.1) is 0 Å². The van der Waals surface area contributed by atoms with Crippen LogP contribution < -0.4 is 10.6 Å². The number of carboxylic acid groups (broad SMARTS) is 1. The number of aliphatic carboxylic acids is 1. The maximum Gasteiger partial charge on any atom is 0.334 e. The van der Waals surface area contributed by atoms with Crippen LogP contribution in [0.1, 0.15) is 5.56 Å². The number of hydrogen-bond donors (Lipinski definition) is 4. The van der Waals surface area contributed by atoms with Crippen LogP contribution in [0.5, 0.6) is 0 Å². The molecule has 0 radical (unpaired) electrons. The molecule has 1 aromatic rings. The molecule has 0 fully saturated rings. The zero-order valence-electron chi connectivity index (χ0n) is 10.1. The summed E-state index contributed by atoms with van der Waals surface area (Å²) in [6.07, 6.45) is -0.964. The first-order chi connectivity index (χ1) is 8.99. The highest BCUT2D eigenvalue weighted by molar-refractivity contribution is 6.30. The highest BCUT2D eigenvalue weighted by Crippen LogP contribution is 2.09. The van der Waals surface area contributed by atoms with Crippen LogP contribution >= 0.6 is 11.6 Å². The molecule has 19 heavy (non-hydrogen) atoms. The van der Waals surface area contributed by atoms with Gasteiger partial charge in [-0.2, -0.15) is 0 Å². The van der Waals surface area contributed by atoms with E-state index < -0.39 is 18.1 Å². The summed E-state index contributed by atoms with van der Waals surface area (Å²) in [7, 11) is 0. The average Bonchev–Trinajstić information content (AvgIpc) is 2.38. The number of aliphatic hydroxyl groups is 1. The molecule has 0 aliphatic carbocycles. The Kier molecular flexibility index (Phi) is 6.11. The average molecular weight is 287 g/mol. The number of halogens is 1. The Labute approximate surface area is 115 Å². The normalized spacial score (nSPS) is 11.7. The molecule has 0 heterocycles. The van der Waals surface area contributed by atoms with E-state index in [0.717, 1.165) is 5.56 Å². The predicted molar refractivity (Wildman–Crippen MR) is 70.2 cm³/mol. The highest BCUT2D eigenvalue weighted by atomic mass is 35.5. The smallest absolute Gasteiger partial charge is 0.334 e. The number of aliphatic hydroxyl groups excluding tert-OH is 1. The molecule has 1 atom stereocenters. The number of hydrogen-bond acceptors (Lipinski definition) is 3. The second kappa shape index (κ2) is 7.60. The summed E-state index contributed by atoms with van der Waals surface area (Å²) >= 11 is 5.74. The number of amides is 2. The van der Waals surface area contributed by atoms with E-state index in [0.29, 0.717) is 18.0 Å². The molecule has 2 amide bonds. The van der Waals surface area contributed by atoms with Crippen molar-refractivity contribution < 1.29 is 19.8 Å². The van der Waals surface area contributed by atoms with E-state index in [-0.39, 0.29) is 6.54 Å². The summed E-state index contributed by atoms with van der Waals surface area (Å²) in [5.74, 6) is -1.37. The molecule has 7 heteroatoms. The lowest BCUT2D eigenvalue weighted by atomic mass is 10.1. The fourth-order valence-electron chi connectivity index (χ4n) is 1.31. The standard InChI is InChI=1S/C12H15ClN2O4/c13-9-3-1-8(2-4-9)5-6-14-12(19)15-7-10(16)11(17)18/h1-4,10,16H,5-7H2,(H,17,18)(H2,14,15,19)/t10-/m0/s1. The van der Waals surface area contributed by atoms with Gasteiger partial charge in [0, 0.05) is 11.6 Å². The fourth-order valence-corrected chi connectivity index (χ4v) is 1.44. The van der Waals surface area contributed by atoms with Gasteiger partial charge in [-0.1, -0.05) is 23.7 Å². The molecule has 0 saturated heterocycles. The van der Waals surface area contributed by atoms with Crippen LogP contribution in [-0.2, 0) is 11.2 Å². The zero-order chi connectivity index (χ0) is 14.3. The Bertz CT molecular complexity index is 436. The quantitative estimate of drug-likeness (QED) is 0.616. The monoisotopic (exact) mass is 286 g/mol. The third kappa shape index (κ3) is 6.08. The van der Waals surface area contributed by atoms with Crippen molar-refractivity contribution >= 4 is 23.6 Å². The van der Waals surface area contributed by atoms with E-state index in [1.165, 1.54) is 0 Å². The van der Waals surface area contributed by atoms with Gasteiger partial charge in [0.15, 0.2) is 6.10 Å². The van der Waals surface area contributed by atoms with Gasteiger partial charge in [0.05, 0.1) is 6.54 Å². The Balaban J connectivity index is 2.20. The first kappa shape index (κ1) is 15.3. The molecule has 0 aliphatic heterocycles. The van der Waals surface area contributed by atoms with Gasteiger partial charge in [0.25, 0.3) is 0 Å². The predicted octanol–water partition coefficient (Wildman–Crippen LogP) is 0.627. The van der Waals surface area contributed by atoms with Crippen molar-refractivity contribution in [3.05, 3.63) is 34.9 Å². The van der Waals surface area contributed by atoms with E-state index in [4.69, 9.17) is 21.8 Å². The SMILES string of the molecule is O=C(NCCc1ccc(Cl)cc1)NC[C@H](O)C(=O)O. The van der Waals surface area contributed by atoms with Gasteiger partial charge in [-0.05, 0) is 24.1 Å². The van der Waals surface area contributed by atoms with E-state index in [1.807, 2.05) is 12.1 Å². The molecule has 0 aliphatic rings. The Morgan fingerprint density at radius 2 is 1.84 bits per heavy atom.